The van der Waals surface area contributed by atoms with Crippen molar-refractivity contribution >= 4 is 23.8 Å². The molecule has 2 rings (SSSR count). The number of nitrogens with one attached hydrogen (secondary N) is 2. The molecule has 0 aliphatic carbocycles. The molecule has 0 spiro atoms. The van der Waals surface area contributed by atoms with E-state index in [2.05, 4.69) is 0 Å². The smallest absolute Gasteiger partial charge is 0.122 e. The minimum absolute atomic E-state index is 0.0781. The predicted octanol–water partition coefficient (Wildman–Crippen LogP) is 3.04. The normalized spacial score (nSPS) is 10.8. The molecule has 0 aliphatic rings. The van der Waals surface area contributed by atoms with Crippen LogP contribution in [0.25, 0.3) is 12.2 Å². The molecule has 6 N–H and O–H groups in total. The van der Waals surface area contributed by atoms with Gasteiger partial charge in [-0.05, 0) is 48.2 Å². The summed E-state index contributed by atoms with van der Waals surface area (Å²) >= 11 is 0. The summed E-state index contributed by atoms with van der Waals surface area (Å²) in [5.74, 6) is 0.156. The van der Waals surface area contributed by atoms with Gasteiger partial charge in [-0.25, -0.2) is 0 Å². The lowest BCUT2D eigenvalue weighted by Crippen LogP contribution is -2.11. The van der Waals surface area contributed by atoms with Crippen LogP contribution in [0.3, 0.4) is 0 Å². The van der Waals surface area contributed by atoms with Crippen LogP contribution in [-0.4, -0.2) is 11.7 Å². The van der Waals surface area contributed by atoms with Crippen LogP contribution < -0.4 is 11.5 Å². The van der Waals surface area contributed by atoms with E-state index in [1.807, 2.05) is 62.4 Å². The zero-order valence-corrected chi connectivity index (χ0v) is 12.8. The second-order valence-corrected chi connectivity index (χ2v) is 5.30. The van der Waals surface area contributed by atoms with Crippen LogP contribution in [0.15, 0.2) is 36.4 Å². The Morgan fingerprint density at radius 3 is 1.41 bits per heavy atom. The zero-order valence-electron chi connectivity index (χ0n) is 12.8. The van der Waals surface area contributed by atoms with Gasteiger partial charge in [0.15, 0.2) is 0 Å². The number of rotatable bonds is 4. The maximum Gasteiger partial charge on any atom is 0.122 e. The Kier molecular flexibility index (Phi) is 4.41. The highest BCUT2D eigenvalue weighted by atomic mass is 14.7. The third-order valence-corrected chi connectivity index (χ3v) is 3.60. The van der Waals surface area contributed by atoms with Gasteiger partial charge in [-0.3, -0.25) is 10.8 Å². The van der Waals surface area contributed by atoms with Gasteiger partial charge >= 0.3 is 0 Å². The van der Waals surface area contributed by atoms with Gasteiger partial charge in [-0.2, -0.15) is 0 Å². The molecule has 0 radical (unpaired) electrons. The fraction of sp³-hybridized carbons (Fsp3) is 0.111. The van der Waals surface area contributed by atoms with Crippen molar-refractivity contribution in [1.29, 1.82) is 10.8 Å². The second-order valence-electron chi connectivity index (χ2n) is 5.30. The third kappa shape index (κ3) is 3.41. The van der Waals surface area contributed by atoms with E-state index in [9.17, 15) is 0 Å². The van der Waals surface area contributed by atoms with Gasteiger partial charge in [0.2, 0.25) is 0 Å². The first-order valence-corrected chi connectivity index (χ1v) is 6.96. The van der Waals surface area contributed by atoms with Crippen molar-refractivity contribution in [2.75, 3.05) is 0 Å². The first-order chi connectivity index (χ1) is 10.4. The quantitative estimate of drug-likeness (QED) is 0.395. The molecule has 4 heteroatoms. The molecule has 22 heavy (non-hydrogen) atoms. The summed E-state index contributed by atoms with van der Waals surface area (Å²) in [6.45, 7) is 4.00. The van der Waals surface area contributed by atoms with Crippen molar-refractivity contribution in [2.24, 2.45) is 11.5 Å². The van der Waals surface area contributed by atoms with E-state index >= 15 is 0 Å². The largest absolute Gasteiger partial charge is 0.384 e. The van der Waals surface area contributed by atoms with Crippen LogP contribution in [-0.2, 0) is 0 Å². The maximum atomic E-state index is 7.45. The molecule has 0 saturated heterocycles. The number of nitrogens with two attached hydrogens (primary N) is 2. The van der Waals surface area contributed by atoms with Crippen LogP contribution >= 0.6 is 0 Å². The Hall–Kier alpha value is -2.88. The third-order valence-electron chi connectivity index (χ3n) is 3.60. The molecule has 0 heterocycles. The van der Waals surface area contributed by atoms with Crippen molar-refractivity contribution < 1.29 is 0 Å². The van der Waals surface area contributed by atoms with Crippen LogP contribution in [0.2, 0.25) is 0 Å². The van der Waals surface area contributed by atoms with Crippen LogP contribution in [0.5, 0.6) is 0 Å². The molecular weight excluding hydrogens is 272 g/mol. The fourth-order valence-electron chi connectivity index (χ4n) is 2.24. The first kappa shape index (κ1) is 15.5. The predicted molar refractivity (Wildman–Crippen MR) is 93.3 cm³/mol. The number of nitrogen functional groups attached to an aromatic ring is 2. The average Bonchev–Trinajstić information content (AvgIpc) is 2.46. The molecular formula is C18H20N4. The van der Waals surface area contributed by atoms with Gasteiger partial charge in [0.25, 0.3) is 0 Å². The van der Waals surface area contributed by atoms with Crippen molar-refractivity contribution in [3.05, 3.63) is 69.8 Å². The summed E-state index contributed by atoms with van der Waals surface area (Å²) in [7, 11) is 0. The van der Waals surface area contributed by atoms with Crippen molar-refractivity contribution in [3.8, 4) is 0 Å². The Labute approximate surface area is 130 Å². The highest BCUT2D eigenvalue weighted by molar-refractivity contribution is 5.96. The summed E-state index contributed by atoms with van der Waals surface area (Å²) in [5.41, 5.74) is 16.8. The summed E-state index contributed by atoms with van der Waals surface area (Å²) < 4.78 is 0. The average molecular weight is 292 g/mol. The molecule has 0 amide bonds. The number of hydrogen-bond acceptors (Lipinski definition) is 2. The van der Waals surface area contributed by atoms with Gasteiger partial charge in [-0.1, -0.05) is 36.4 Å². The highest BCUT2D eigenvalue weighted by Gasteiger charge is 2.02. The Morgan fingerprint density at radius 2 is 1.14 bits per heavy atom. The highest BCUT2D eigenvalue weighted by Crippen LogP contribution is 2.17. The Balaban J connectivity index is 2.29. The lowest BCUT2D eigenvalue weighted by Gasteiger charge is -2.06. The molecule has 4 nitrogen and oxygen atoms in total. The van der Waals surface area contributed by atoms with Gasteiger partial charge < -0.3 is 11.5 Å². The maximum absolute atomic E-state index is 7.45. The molecule has 112 valence electrons. The standard InChI is InChI=1S/C18H20N4/c1-11-9-15(17(19)20)7-5-13(11)3-4-14-6-8-16(18(21)22)10-12(14)2/h3-10H,1-2H3,(H3,19,20)(H3,21,22)/b4-3+. The summed E-state index contributed by atoms with van der Waals surface area (Å²) in [6.07, 6.45) is 4.07. The van der Waals surface area contributed by atoms with Crippen molar-refractivity contribution in [3.63, 3.8) is 0 Å². The van der Waals surface area contributed by atoms with Gasteiger partial charge in [0.05, 0.1) is 0 Å². The molecule has 0 fully saturated rings. The summed E-state index contributed by atoms with van der Waals surface area (Å²) in [6, 6.07) is 11.4. The minimum atomic E-state index is 0.0781. The van der Waals surface area contributed by atoms with E-state index in [1.165, 1.54) is 0 Å². The Morgan fingerprint density at radius 1 is 0.773 bits per heavy atom. The zero-order chi connectivity index (χ0) is 16.3. The topological polar surface area (TPSA) is 99.7 Å². The van der Waals surface area contributed by atoms with Crippen LogP contribution in [0, 0.1) is 24.7 Å². The second kappa shape index (κ2) is 6.26. The van der Waals surface area contributed by atoms with E-state index in [1.54, 1.807) is 0 Å². The van der Waals surface area contributed by atoms with Crippen molar-refractivity contribution in [2.45, 2.75) is 13.8 Å². The van der Waals surface area contributed by atoms with E-state index in [0.717, 1.165) is 33.4 Å². The SMILES string of the molecule is Cc1cc(C(=N)N)ccc1/C=C/c1ccc(C(=N)N)cc1C. The number of benzene rings is 2. The molecule has 0 saturated carbocycles. The molecule has 2 aromatic rings. The molecule has 0 unspecified atom stereocenters. The first-order valence-electron chi connectivity index (χ1n) is 6.96. The summed E-state index contributed by atoms with van der Waals surface area (Å²) in [5, 5.41) is 14.9. The fourth-order valence-corrected chi connectivity index (χ4v) is 2.24. The molecule has 0 bridgehead atoms. The van der Waals surface area contributed by atoms with Gasteiger partial charge in [0, 0.05) is 11.1 Å². The monoisotopic (exact) mass is 292 g/mol. The van der Waals surface area contributed by atoms with Crippen LogP contribution in [0.1, 0.15) is 33.4 Å². The van der Waals surface area contributed by atoms with E-state index < -0.39 is 0 Å². The van der Waals surface area contributed by atoms with E-state index in [-0.39, 0.29) is 11.7 Å². The Bertz CT molecular complexity index is 707. The molecule has 2 aromatic carbocycles. The lowest BCUT2D eigenvalue weighted by molar-refractivity contribution is 1.37. The van der Waals surface area contributed by atoms with Crippen LogP contribution in [0.4, 0.5) is 0 Å². The van der Waals surface area contributed by atoms with Gasteiger partial charge in [-0.15, -0.1) is 0 Å². The van der Waals surface area contributed by atoms with Crippen molar-refractivity contribution in [1.82, 2.24) is 0 Å². The number of aryl methyl sites for hydroxylation is 2. The van der Waals surface area contributed by atoms with Gasteiger partial charge in [0.1, 0.15) is 11.7 Å². The summed E-state index contributed by atoms with van der Waals surface area (Å²) in [4.78, 5) is 0. The molecule has 0 aliphatic heterocycles. The lowest BCUT2D eigenvalue weighted by atomic mass is 10.0. The minimum Gasteiger partial charge on any atom is -0.384 e. The van der Waals surface area contributed by atoms with E-state index in [0.29, 0.717) is 0 Å². The number of amidine groups is 2. The number of hydrogen-bond donors (Lipinski definition) is 4. The van der Waals surface area contributed by atoms with E-state index in [4.69, 9.17) is 22.3 Å². The molecule has 0 aromatic heterocycles. The molecule has 0 atom stereocenters.